The van der Waals surface area contributed by atoms with Gasteiger partial charge in [-0.2, -0.15) is 0 Å². The number of pyridine rings is 2. The maximum Gasteiger partial charge on any atom is 0.248 e. The minimum Gasteiger partial charge on any atom is -0.375 e. The summed E-state index contributed by atoms with van der Waals surface area (Å²) in [6, 6.07) is 10.9. The highest BCUT2D eigenvalue weighted by Crippen LogP contribution is 2.32. The van der Waals surface area contributed by atoms with Crippen molar-refractivity contribution in [1.82, 2.24) is 14.9 Å². The van der Waals surface area contributed by atoms with Gasteiger partial charge in [-0.25, -0.2) is 4.98 Å². The number of fused-ring (bicyclic) bond motifs is 1. The molecule has 3 aromatic rings. The number of benzene rings is 1. The van der Waals surface area contributed by atoms with Crippen LogP contribution in [0.15, 0.2) is 47.2 Å². The molecule has 0 radical (unpaired) electrons. The molecule has 10 heteroatoms. The highest BCUT2D eigenvalue weighted by Gasteiger charge is 2.28. The van der Waals surface area contributed by atoms with Gasteiger partial charge in [0.25, 0.3) is 0 Å². The summed E-state index contributed by atoms with van der Waals surface area (Å²) in [6.45, 7) is 5.10. The van der Waals surface area contributed by atoms with Crippen LogP contribution in [0.1, 0.15) is 87.1 Å². The third-order valence-corrected chi connectivity index (χ3v) is 9.09. The number of hydrogen-bond donors (Lipinski definition) is 3. The Bertz CT molecular complexity index is 1570. The number of nitrogens with one attached hydrogen (secondary N) is 3. The number of carbonyl (C=O) groups excluding carboxylic acids is 3. The summed E-state index contributed by atoms with van der Waals surface area (Å²) in [5.41, 5.74) is 5.40. The van der Waals surface area contributed by atoms with Crippen LogP contribution in [0, 0.1) is 19.3 Å². The summed E-state index contributed by atoms with van der Waals surface area (Å²) in [4.78, 5) is 50.3. The van der Waals surface area contributed by atoms with Gasteiger partial charge < -0.3 is 15.5 Å². The van der Waals surface area contributed by atoms with Gasteiger partial charge in [0.15, 0.2) is 5.78 Å². The molecule has 1 atom stereocenters. The van der Waals surface area contributed by atoms with Crippen molar-refractivity contribution in [3.8, 4) is 11.1 Å². The van der Waals surface area contributed by atoms with Gasteiger partial charge in [0, 0.05) is 42.7 Å². The first-order valence-electron chi connectivity index (χ1n) is 16.2. The Morgan fingerprint density at radius 1 is 0.978 bits per heavy atom. The van der Waals surface area contributed by atoms with Gasteiger partial charge in [0.2, 0.25) is 11.8 Å². The average molecular weight is 690 g/mol. The Labute approximate surface area is 280 Å². The Balaban J connectivity index is 1.67. The SMILES string of the molecule is CC(=O)C(=N)c1cc(-c2ccc(C)nc2)cc2c1NCC(=O)N(C)[C@H](C(=O)Nc1nc(Br)ccc1C)CCCCCCCCCC2. The number of nitrogens with zero attached hydrogens (tertiary/aromatic N) is 3. The van der Waals surface area contributed by atoms with Gasteiger partial charge in [-0.3, -0.25) is 24.8 Å². The summed E-state index contributed by atoms with van der Waals surface area (Å²) in [6.07, 6.45) is 11.4. The molecular weight excluding hydrogens is 644 g/mol. The molecule has 2 aromatic heterocycles. The monoisotopic (exact) mass is 688 g/mol. The van der Waals surface area contributed by atoms with Crippen LogP contribution >= 0.6 is 15.9 Å². The topological polar surface area (TPSA) is 128 Å². The van der Waals surface area contributed by atoms with Crippen LogP contribution in [0.25, 0.3) is 11.1 Å². The first kappa shape index (κ1) is 34.9. The van der Waals surface area contributed by atoms with E-state index in [0.717, 1.165) is 85.7 Å². The highest BCUT2D eigenvalue weighted by molar-refractivity contribution is 9.10. The van der Waals surface area contributed by atoms with Crippen molar-refractivity contribution in [1.29, 1.82) is 5.41 Å². The van der Waals surface area contributed by atoms with E-state index < -0.39 is 6.04 Å². The predicted octanol–water partition coefficient (Wildman–Crippen LogP) is 7.42. The number of aromatic nitrogens is 2. The van der Waals surface area contributed by atoms with Gasteiger partial charge in [0.1, 0.15) is 22.2 Å². The molecule has 46 heavy (non-hydrogen) atoms. The molecule has 3 heterocycles. The van der Waals surface area contributed by atoms with Crippen LogP contribution in [0.4, 0.5) is 11.5 Å². The Morgan fingerprint density at radius 2 is 1.67 bits per heavy atom. The second-order valence-corrected chi connectivity index (χ2v) is 13.0. The molecular formula is C36H45BrN6O3. The average Bonchev–Trinajstić information content (AvgIpc) is 3.03. The van der Waals surface area contributed by atoms with Gasteiger partial charge >= 0.3 is 0 Å². The standard InChI is InChI=1S/C36H45BrN6O3/c1-23-15-18-31(37)41-35(23)42-36(46)30-14-12-10-8-6-5-7-9-11-13-26-19-28(27-17-16-24(2)39-21-27)20-29(33(38)25(3)44)34(26)40-22-32(45)43(30)4/h15-21,30,38,40H,5-14,22H2,1-4H3,(H,41,42,46)/t30-/m0/s1. The molecule has 0 fully saturated rings. The van der Waals surface area contributed by atoms with E-state index in [0.29, 0.717) is 28.1 Å². The largest absolute Gasteiger partial charge is 0.375 e. The van der Waals surface area contributed by atoms with Crippen LogP contribution in [-0.2, 0) is 20.8 Å². The van der Waals surface area contributed by atoms with Crippen molar-refractivity contribution < 1.29 is 14.4 Å². The van der Waals surface area contributed by atoms with Crippen LogP contribution in [-0.4, -0.2) is 57.8 Å². The van der Waals surface area contributed by atoms with Crippen molar-refractivity contribution in [2.75, 3.05) is 24.2 Å². The Kier molecular flexibility index (Phi) is 12.6. The third-order valence-electron chi connectivity index (χ3n) is 8.64. The lowest BCUT2D eigenvalue weighted by Crippen LogP contribution is -2.47. The molecule has 244 valence electrons. The molecule has 4 rings (SSSR count). The number of rotatable bonds is 5. The number of Topliss-reactive ketones (excluding diaryl/α,β-unsaturated/α-hetero) is 1. The van der Waals surface area contributed by atoms with Crippen molar-refractivity contribution in [3.63, 3.8) is 0 Å². The number of likely N-dealkylation sites (N-methyl/N-ethyl adjacent to an activating group) is 1. The lowest BCUT2D eigenvalue weighted by molar-refractivity contribution is -0.135. The summed E-state index contributed by atoms with van der Waals surface area (Å²) >= 11 is 3.38. The number of aryl methyl sites for hydroxylation is 3. The van der Waals surface area contributed by atoms with Crippen LogP contribution in [0.5, 0.6) is 0 Å². The molecule has 1 aliphatic heterocycles. The van der Waals surface area contributed by atoms with E-state index in [1.807, 2.05) is 44.2 Å². The van der Waals surface area contributed by atoms with Gasteiger partial charge in [-0.1, -0.05) is 57.1 Å². The van der Waals surface area contributed by atoms with E-state index in [9.17, 15) is 14.4 Å². The zero-order chi connectivity index (χ0) is 33.2. The Morgan fingerprint density at radius 3 is 2.35 bits per heavy atom. The zero-order valence-electron chi connectivity index (χ0n) is 27.3. The molecule has 1 aromatic carbocycles. The Hall–Kier alpha value is -3.92. The number of anilines is 2. The van der Waals surface area contributed by atoms with E-state index in [1.54, 1.807) is 13.2 Å². The van der Waals surface area contributed by atoms with Gasteiger partial charge in [-0.05, 0) is 90.0 Å². The lowest BCUT2D eigenvalue weighted by Gasteiger charge is -2.28. The normalized spacial score (nSPS) is 16.9. The summed E-state index contributed by atoms with van der Waals surface area (Å²) in [5, 5.41) is 15.0. The maximum atomic E-state index is 13.7. The predicted molar refractivity (Wildman–Crippen MR) is 188 cm³/mol. The molecule has 0 aliphatic carbocycles. The molecule has 3 N–H and O–H groups in total. The van der Waals surface area contributed by atoms with E-state index in [4.69, 9.17) is 5.41 Å². The molecule has 0 spiro atoms. The molecule has 9 nitrogen and oxygen atoms in total. The first-order chi connectivity index (χ1) is 22.0. The molecule has 0 saturated carbocycles. The van der Waals surface area contributed by atoms with E-state index >= 15 is 0 Å². The fourth-order valence-corrected chi connectivity index (χ4v) is 6.12. The third kappa shape index (κ3) is 9.31. The molecule has 0 unspecified atom stereocenters. The fourth-order valence-electron chi connectivity index (χ4n) is 5.81. The first-order valence-corrected chi connectivity index (χ1v) is 17.0. The summed E-state index contributed by atoms with van der Waals surface area (Å²) in [5.74, 6) is -0.439. The second kappa shape index (κ2) is 16.6. The van der Waals surface area contributed by atoms with Gasteiger partial charge in [-0.15, -0.1) is 0 Å². The zero-order valence-corrected chi connectivity index (χ0v) is 28.9. The molecule has 1 aliphatic rings. The molecule has 2 amide bonds. The second-order valence-electron chi connectivity index (χ2n) is 12.2. The summed E-state index contributed by atoms with van der Waals surface area (Å²) < 4.78 is 0.614. The van der Waals surface area contributed by atoms with E-state index in [2.05, 4.69) is 42.6 Å². The smallest absolute Gasteiger partial charge is 0.248 e. The van der Waals surface area contributed by atoms with Crippen molar-refractivity contribution >= 4 is 50.7 Å². The maximum absolute atomic E-state index is 13.7. The number of amides is 2. The lowest BCUT2D eigenvalue weighted by atomic mass is 9.92. The molecule has 0 bridgehead atoms. The van der Waals surface area contributed by atoms with Crippen molar-refractivity contribution in [2.45, 2.75) is 91.0 Å². The number of ketones is 1. The van der Waals surface area contributed by atoms with Crippen molar-refractivity contribution in [3.05, 3.63) is 69.6 Å². The number of hydrogen-bond acceptors (Lipinski definition) is 7. The van der Waals surface area contributed by atoms with Crippen LogP contribution in [0.3, 0.4) is 0 Å². The minimum atomic E-state index is -0.684. The number of carbonyl (C=O) groups is 3. The fraction of sp³-hybridized carbons (Fsp3) is 0.444. The van der Waals surface area contributed by atoms with E-state index in [-0.39, 0.29) is 29.9 Å². The van der Waals surface area contributed by atoms with Crippen molar-refractivity contribution in [2.24, 2.45) is 0 Å². The highest BCUT2D eigenvalue weighted by atomic mass is 79.9. The van der Waals surface area contributed by atoms with Crippen LogP contribution < -0.4 is 10.6 Å². The number of halogens is 1. The molecule has 0 saturated heterocycles. The minimum absolute atomic E-state index is 0.0922. The summed E-state index contributed by atoms with van der Waals surface area (Å²) in [7, 11) is 1.66. The van der Waals surface area contributed by atoms with E-state index in [1.165, 1.54) is 11.8 Å². The van der Waals surface area contributed by atoms with Gasteiger partial charge in [0.05, 0.1) is 6.54 Å². The quantitative estimate of drug-likeness (QED) is 0.189. The van der Waals surface area contributed by atoms with Crippen LogP contribution in [0.2, 0.25) is 0 Å².